The van der Waals surface area contributed by atoms with Gasteiger partial charge in [0.05, 0.1) is 30.1 Å². The number of hydrogen-bond acceptors (Lipinski definition) is 6. The Morgan fingerprint density at radius 1 is 1.28 bits per heavy atom. The van der Waals surface area contributed by atoms with Crippen molar-refractivity contribution in [1.29, 1.82) is 0 Å². The van der Waals surface area contributed by atoms with Crippen LogP contribution in [0.1, 0.15) is 24.6 Å². The number of nitrogens with one attached hydrogen (secondary N) is 1. The summed E-state index contributed by atoms with van der Waals surface area (Å²) in [6.07, 6.45) is 4.25. The molecular formula is C20H18ClN5O3. The van der Waals surface area contributed by atoms with Crippen molar-refractivity contribution >= 4 is 23.2 Å². The lowest BCUT2D eigenvalue weighted by atomic mass is 9.97. The highest BCUT2D eigenvalue weighted by atomic mass is 35.5. The van der Waals surface area contributed by atoms with E-state index in [9.17, 15) is 9.59 Å². The first-order valence-electron chi connectivity index (χ1n) is 9.09. The van der Waals surface area contributed by atoms with Crippen molar-refractivity contribution < 1.29 is 9.53 Å². The number of halogens is 1. The van der Waals surface area contributed by atoms with E-state index in [4.69, 9.17) is 16.3 Å². The smallest absolute Gasteiger partial charge is 0.254 e. The quantitative estimate of drug-likeness (QED) is 0.708. The van der Waals surface area contributed by atoms with E-state index >= 15 is 0 Å². The summed E-state index contributed by atoms with van der Waals surface area (Å²) in [4.78, 5) is 38.4. The van der Waals surface area contributed by atoms with E-state index in [1.165, 1.54) is 19.5 Å². The molecule has 1 aliphatic heterocycles. The summed E-state index contributed by atoms with van der Waals surface area (Å²) < 4.78 is 6.84. The van der Waals surface area contributed by atoms with E-state index in [0.29, 0.717) is 53.1 Å². The molecule has 2 aromatic heterocycles. The Hall–Kier alpha value is -3.26. The number of benzene rings is 1. The molecule has 1 N–H and O–H groups in total. The normalized spacial score (nSPS) is 15.4. The monoisotopic (exact) mass is 411 g/mol. The Morgan fingerprint density at radius 2 is 2.14 bits per heavy atom. The predicted molar refractivity (Wildman–Crippen MR) is 108 cm³/mol. The number of anilines is 1. The number of nitrogens with zero attached hydrogens (tertiary/aromatic N) is 4. The van der Waals surface area contributed by atoms with Gasteiger partial charge in [-0.25, -0.2) is 15.0 Å². The van der Waals surface area contributed by atoms with Crippen LogP contribution in [-0.2, 0) is 11.3 Å². The molecule has 0 radical (unpaired) electrons. The highest BCUT2D eigenvalue weighted by Gasteiger charge is 2.30. The van der Waals surface area contributed by atoms with Crippen LogP contribution in [0.15, 0.2) is 47.7 Å². The van der Waals surface area contributed by atoms with Crippen LogP contribution in [0.3, 0.4) is 0 Å². The van der Waals surface area contributed by atoms with Crippen LogP contribution in [0.5, 0.6) is 5.75 Å². The Bertz CT molecular complexity index is 1120. The maximum Gasteiger partial charge on any atom is 0.254 e. The minimum absolute atomic E-state index is 0.207. The fourth-order valence-corrected chi connectivity index (χ4v) is 3.59. The second kappa shape index (κ2) is 8.00. The van der Waals surface area contributed by atoms with Crippen LogP contribution < -0.4 is 15.6 Å². The van der Waals surface area contributed by atoms with Crippen molar-refractivity contribution in [3.63, 3.8) is 0 Å². The Labute approximate surface area is 171 Å². The molecule has 0 saturated carbocycles. The predicted octanol–water partition coefficient (Wildman–Crippen LogP) is 2.88. The van der Waals surface area contributed by atoms with E-state index in [0.717, 1.165) is 0 Å². The summed E-state index contributed by atoms with van der Waals surface area (Å²) in [5, 5.41) is 3.34. The van der Waals surface area contributed by atoms with Crippen molar-refractivity contribution in [2.45, 2.75) is 25.3 Å². The average molecular weight is 412 g/mol. The van der Waals surface area contributed by atoms with Crippen molar-refractivity contribution in [3.05, 3.63) is 64.1 Å². The summed E-state index contributed by atoms with van der Waals surface area (Å²) in [6, 6.07) is 8.10. The molecule has 1 unspecified atom stereocenters. The van der Waals surface area contributed by atoms with E-state index in [1.54, 1.807) is 35.0 Å². The third-order valence-corrected chi connectivity index (χ3v) is 5.04. The van der Waals surface area contributed by atoms with Gasteiger partial charge in [-0.05, 0) is 37.1 Å². The van der Waals surface area contributed by atoms with Gasteiger partial charge in [-0.15, -0.1) is 0 Å². The van der Waals surface area contributed by atoms with E-state index in [1.807, 2.05) is 0 Å². The first kappa shape index (κ1) is 19.1. The molecule has 0 saturated heterocycles. The van der Waals surface area contributed by atoms with Gasteiger partial charge in [-0.2, -0.15) is 0 Å². The van der Waals surface area contributed by atoms with Gasteiger partial charge in [-0.1, -0.05) is 11.6 Å². The third-order valence-electron chi connectivity index (χ3n) is 4.80. The Kier molecular flexibility index (Phi) is 5.26. The van der Waals surface area contributed by atoms with Gasteiger partial charge in [0.15, 0.2) is 0 Å². The highest BCUT2D eigenvalue weighted by molar-refractivity contribution is 6.31. The molecule has 1 aromatic carbocycles. The summed E-state index contributed by atoms with van der Waals surface area (Å²) in [6.45, 7) is 0.523. The zero-order valence-corrected chi connectivity index (χ0v) is 16.4. The molecule has 0 fully saturated rings. The first-order valence-corrected chi connectivity index (χ1v) is 9.47. The standard InChI is InChI=1S/C20H18ClN5O3/c1-29-17-5-4-12(21)9-16(17)25-20(28)13-3-2-8-26-18(27)10-15(24-19(13)26)14-6-7-22-11-23-14/h4-7,9-11,13H,2-3,8H2,1H3,(H,25,28). The Balaban J connectivity index is 1.71. The van der Waals surface area contributed by atoms with Crippen molar-refractivity contribution in [1.82, 2.24) is 19.5 Å². The lowest BCUT2D eigenvalue weighted by Crippen LogP contribution is -2.35. The fourth-order valence-electron chi connectivity index (χ4n) is 3.42. The number of methoxy groups -OCH3 is 1. The van der Waals surface area contributed by atoms with Crippen LogP contribution in [0, 0.1) is 0 Å². The summed E-state index contributed by atoms with van der Waals surface area (Å²) in [7, 11) is 1.52. The average Bonchev–Trinajstić information content (AvgIpc) is 2.74. The molecule has 0 aliphatic carbocycles. The summed E-state index contributed by atoms with van der Waals surface area (Å²) in [5.41, 5.74) is 1.21. The zero-order chi connectivity index (χ0) is 20.4. The lowest BCUT2D eigenvalue weighted by Gasteiger charge is -2.25. The van der Waals surface area contributed by atoms with Crippen LogP contribution in [0.25, 0.3) is 11.4 Å². The molecule has 0 spiro atoms. The minimum Gasteiger partial charge on any atom is -0.495 e. The summed E-state index contributed by atoms with van der Waals surface area (Å²) in [5.74, 6) is 0.0715. The molecule has 8 nitrogen and oxygen atoms in total. The molecule has 1 amide bonds. The molecule has 3 heterocycles. The van der Waals surface area contributed by atoms with Crippen molar-refractivity contribution in [2.75, 3.05) is 12.4 Å². The maximum absolute atomic E-state index is 13.1. The second-order valence-electron chi connectivity index (χ2n) is 6.61. The molecule has 3 aromatic rings. The van der Waals surface area contributed by atoms with Crippen LogP contribution in [0.4, 0.5) is 5.69 Å². The number of ether oxygens (including phenoxy) is 1. The molecule has 0 bridgehead atoms. The number of hydrogen-bond donors (Lipinski definition) is 1. The fraction of sp³-hybridized carbons (Fsp3) is 0.250. The maximum atomic E-state index is 13.1. The molecule has 29 heavy (non-hydrogen) atoms. The van der Waals surface area contributed by atoms with E-state index < -0.39 is 5.92 Å². The molecule has 148 valence electrons. The molecule has 1 atom stereocenters. The largest absolute Gasteiger partial charge is 0.495 e. The van der Waals surface area contributed by atoms with Crippen molar-refractivity contribution in [2.24, 2.45) is 0 Å². The number of amides is 1. The highest BCUT2D eigenvalue weighted by Crippen LogP contribution is 2.31. The second-order valence-corrected chi connectivity index (χ2v) is 7.05. The van der Waals surface area contributed by atoms with E-state index in [2.05, 4.69) is 20.3 Å². The van der Waals surface area contributed by atoms with Crippen LogP contribution in [0.2, 0.25) is 5.02 Å². The van der Waals surface area contributed by atoms with Gasteiger partial charge in [0.2, 0.25) is 5.91 Å². The lowest BCUT2D eigenvalue weighted by molar-refractivity contribution is -0.118. The number of carbonyl (C=O) groups is 1. The number of rotatable bonds is 4. The first-order chi connectivity index (χ1) is 14.1. The SMILES string of the molecule is COc1ccc(Cl)cc1NC(=O)C1CCCn2c1nc(-c1ccncn1)cc2=O. The molecular weight excluding hydrogens is 394 g/mol. The van der Waals surface area contributed by atoms with Crippen molar-refractivity contribution in [3.8, 4) is 17.1 Å². The van der Waals surface area contributed by atoms with Gasteiger partial charge in [0.1, 0.15) is 17.9 Å². The number of carbonyl (C=O) groups excluding carboxylic acids is 1. The van der Waals surface area contributed by atoms with Gasteiger partial charge in [0.25, 0.3) is 5.56 Å². The molecule has 1 aliphatic rings. The Morgan fingerprint density at radius 3 is 2.90 bits per heavy atom. The molecule has 4 rings (SSSR count). The minimum atomic E-state index is -0.582. The summed E-state index contributed by atoms with van der Waals surface area (Å²) >= 11 is 6.06. The number of fused-ring (bicyclic) bond motifs is 1. The molecule has 9 heteroatoms. The van der Waals surface area contributed by atoms with Crippen LogP contribution in [-0.4, -0.2) is 32.5 Å². The van der Waals surface area contributed by atoms with Gasteiger partial charge in [-0.3, -0.25) is 14.2 Å². The zero-order valence-electron chi connectivity index (χ0n) is 15.6. The third kappa shape index (κ3) is 3.84. The number of aromatic nitrogens is 4. The topological polar surface area (TPSA) is 99.0 Å². The van der Waals surface area contributed by atoms with Gasteiger partial charge in [0, 0.05) is 23.8 Å². The van der Waals surface area contributed by atoms with Gasteiger partial charge >= 0.3 is 0 Å². The van der Waals surface area contributed by atoms with Crippen LogP contribution >= 0.6 is 11.6 Å². The van der Waals surface area contributed by atoms with Gasteiger partial charge < -0.3 is 10.1 Å². The van der Waals surface area contributed by atoms with E-state index in [-0.39, 0.29) is 11.5 Å².